The highest BCUT2D eigenvalue weighted by Gasteiger charge is 2.50. The molecule has 2 aliphatic carbocycles. The van der Waals surface area contributed by atoms with Crippen LogP contribution in [0.25, 0.3) is 11.1 Å². The fourth-order valence-corrected chi connectivity index (χ4v) is 6.93. The normalized spacial score (nSPS) is 25.5. The van der Waals surface area contributed by atoms with Crippen LogP contribution in [-0.2, 0) is 12.8 Å². The van der Waals surface area contributed by atoms with E-state index in [-0.39, 0.29) is 24.5 Å². The molecule has 0 radical (unpaired) electrons. The van der Waals surface area contributed by atoms with Crippen molar-refractivity contribution in [3.8, 4) is 11.1 Å². The number of nitrogens with zero attached hydrogens (tertiary/aromatic N) is 2. The van der Waals surface area contributed by atoms with Crippen LogP contribution >= 0.6 is 0 Å². The Bertz CT molecular complexity index is 1110. The Labute approximate surface area is 216 Å². The highest BCUT2D eigenvalue weighted by atomic mass is 16.3. The van der Waals surface area contributed by atoms with Gasteiger partial charge >= 0.3 is 0 Å². The molecule has 5 atom stereocenters. The van der Waals surface area contributed by atoms with Gasteiger partial charge in [0, 0.05) is 37.3 Å². The minimum absolute atomic E-state index is 0.0268. The number of fused-ring (bicyclic) bond motifs is 2. The Morgan fingerprint density at radius 3 is 2.47 bits per heavy atom. The molecule has 0 spiro atoms. The predicted octanol–water partition coefficient (Wildman–Crippen LogP) is 4.01. The standard InChI is InChI=1S/C30H45N3O3/c1-18(15-31)14-30(35)20(3)25-12-24-19(2)23(21-8-9-36-17-21)13-28(32(4)5)26(24)10-22(25)11-27(30)29(16-34)33(6)7/h8-9,13,17-18,22,27,29,34-35H,10-12,14-16,31H2,1-7H3/t18?,22?,27-,29+,30?/m0/s1. The molecule has 1 aromatic carbocycles. The molecular weight excluding hydrogens is 450 g/mol. The van der Waals surface area contributed by atoms with Crippen molar-refractivity contribution in [2.45, 2.75) is 58.1 Å². The lowest BCUT2D eigenvalue weighted by atomic mass is 9.59. The lowest BCUT2D eigenvalue weighted by Crippen LogP contribution is -2.56. The Morgan fingerprint density at radius 1 is 1.19 bits per heavy atom. The lowest BCUT2D eigenvalue weighted by Gasteiger charge is -2.51. The summed E-state index contributed by atoms with van der Waals surface area (Å²) in [5.41, 5.74) is 15.1. The Morgan fingerprint density at radius 2 is 1.92 bits per heavy atom. The van der Waals surface area contributed by atoms with E-state index in [4.69, 9.17) is 10.2 Å². The van der Waals surface area contributed by atoms with Gasteiger partial charge in [0.1, 0.15) is 0 Å². The maximum absolute atomic E-state index is 12.4. The van der Waals surface area contributed by atoms with Crippen LogP contribution in [-0.4, -0.2) is 68.1 Å². The zero-order chi connectivity index (χ0) is 26.4. The van der Waals surface area contributed by atoms with Gasteiger partial charge in [-0.1, -0.05) is 12.5 Å². The summed E-state index contributed by atoms with van der Waals surface area (Å²) in [4.78, 5) is 4.30. The summed E-state index contributed by atoms with van der Waals surface area (Å²) in [5.74, 6) is 0.482. The SMILES string of the molecule is CC1=C2Cc3c(C)c(-c4ccoc4)cc(N(C)C)c3CC2C[C@@H]([C@@H](CO)N(C)C)C1(O)CC(C)CN. The molecule has 6 nitrogen and oxygen atoms in total. The van der Waals surface area contributed by atoms with Gasteiger partial charge in [0.15, 0.2) is 0 Å². The molecule has 0 bridgehead atoms. The molecule has 0 saturated heterocycles. The van der Waals surface area contributed by atoms with Crippen molar-refractivity contribution in [1.82, 2.24) is 4.90 Å². The van der Waals surface area contributed by atoms with E-state index in [1.807, 2.05) is 26.4 Å². The molecule has 1 heterocycles. The minimum atomic E-state index is -0.986. The number of furan rings is 1. The van der Waals surface area contributed by atoms with Crippen LogP contribution in [0.4, 0.5) is 5.69 Å². The van der Waals surface area contributed by atoms with Crippen LogP contribution in [0.5, 0.6) is 0 Å². The van der Waals surface area contributed by atoms with Crippen LogP contribution < -0.4 is 10.6 Å². The molecule has 2 aromatic rings. The average Bonchev–Trinajstić information content (AvgIpc) is 3.36. The molecule has 6 heteroatoms. The second-order valence-electron chi connectivity index (χ2n) is 11.7. The molecule has 2 aliphatic rings. The number of allylic oxidation sites excluding steroid dienone is 1. The van der Waals surface area contributed by atoms with Gasteiger partial charge in [-0.2, -0.15) is 0 Å². The number of nitrogens with two attached hydrogens (primary N) is 1. The van der Waals surface area contributed by atoms with E-state index in [1.165, 1.54) is 33.5 Å². The van der Waals surface area contributed by atoms with Gasteiger partial charge in [0.25, 0.3) is 0 Å². The van der Waals surface area contributed by atoms with Gasteiger partial charge in [0.05, 0.1) is 24.7 Å². The second kappa shape index (κ2) is 10.3. The van der Waals surface area contributed by atoms with Crippen LogP contribution in [0, 0.1) is 24.7 Å². The number of likely N-dealkylation sites (N-methyl/N-ethyl adjacent to an activating group) is 1. The molecule has 0 amide bonds. The van der Waals surface area contributed by atoms with E-state index in [9.17, 15) is 10.2 Å². The van der Waals surface area contributed by atoms with Crippen molar-refractivity contribution in [3.63, 3.8) is 0 Å². The molecule has 0 saturated carbocycles. The summed E-state index contributed by atoms with van der Waals surface area (Å²) in [6.45, 7) is 7.03. The first-order chi connectivity index (χ1) is 17.0. The number of aliphatic hydroxyl groups excluding tert-OH is 1. The highest BCUT2D eigenvalue weighted by Crippen LogP contribution is 2.52. The molecule has 36 heavy (non-hydrogen) atoms. The topological polar surface area (TPSA) is 86.1 Å². The Balaban J connectivity index is 1.88. The smallest absolute Gasteiger partial charge is 0.0981 e. The van der Waals surface area contributed by atoms with Crippen LogP contribution in [0.15, 0.2) is 40.2 Å². The van der Waals surface area contributed by atoms with Gasteiger partial charge < -0.3 is 30.2 Å². The van der Waals surface area contributed by atoms with Crippen LogP contribution in [0.3, 0.4) is 0 Å². The molecule has 0 fully saturated rings. The van der Waals surface area contributed by atoms with Crippen molar-refractivity contribution < 1.29 is 14.6 Å². The molecule has 4 N–H and O–H groups in total. The number of rotatable bonds is 8. The van der Waals surface area contributed by atoms with Crippen molar-refractivity contribution >= 4 is 5.69 Å². The summed E-state index contributed by atoms with van der Waals surface area (Å²) >= 11 is 0. The Kier molecular flexibility index (Phi) is 7.73. The zero-order valence-electron chi connectivity index (χ0n) is 23.1. The quantitative estimate of drug-likeness (QED) is 0.480. The number of hydrogen-bond donors (Lipinski definition) is 3. The van der Waals surface area contributed by atoms with Gasteiger partial charge in [0.2, 0.25) is 0 Å². The third-order valence-corrected chi connectivity index (χ3v) is 9.10. The third-order valence-electron chi connectivity index (χ3n) is 9.10. The van der Waals surface area contributed by atoms with Crippen LogP contribution in [0.1, 0.15) is 43.4 Å². The highest BCUT2D eigenvalue weighted by molar-refractivity contribution is 5.76. The first-order valence-corrected chi connectivity index (χ1v) is 13.3. The molecule has 3 unspecified atom stereocenters. The molecule has 4 rings (SSSR count). The van der Waals surface area contributed by atoms with Crippen molar-refractivity contribution in [2.75, 3.05) is 46.2 Å². The van der Waals surface area contributed by atoms with Crippen molar-refractivity contribution in [1.29, 1.82) is 0 Å². The molecule has 1 aromatic heterocycles. The van der Waals surface area contributed by atoms with Gasteiger partial charge in [-0.05, 0) is 112 Å². The van der Waals surface area contributed by atoms with Crippen LogP contribution in [0.2, 0.25) is 0 Å². The van der Waals surface area contributed by atoms with Gasteiger partial charge in [-0.3, -0.25) is 0 Å². The fraction of sp³-hybridized carbons (Fsp3) is 0.600. The summed E-state index contributed by atoms with van der Waals surface area (Å²) < 4.78 is 5.42. The lowest BCUT2D eigenvalue weighted by molar-refractivity contribution is -0.0633. The van der Waals surface area contributed by atoms with E-state index in [0.717, 1.165) is 30.4 Å². The maximum Gasteiger partial charge on any atom is 0.0981 e. The minimum Gasteiger partial charge on any atom is -0.472 e. The average molecular weight is 496 g/mol. The van der Waals surface area contributed by atoms with E-state index in [0.29, 0.717) is 18.9 Å². The monoisotopic (exact) mass is 495 g/mol. The predicted molar refractivity (Wildman–Crippen MR) is 147 cm³/mol. The molecule has 198 valence electrons. The second-order valence-corrected chi connectivity index (χ2v) is 11.7. The van der Waals surface area contributed by atoms with E-state index >= 15 is 0 Å². The first-order valence-electron chi connectivity index (χ1n) is 13.3. The summed E-state index contributed by atoms with van der Waals surface area (Å²) in [5, 5.41) is 22.8. The van der Waals surface area contributed by atoms with E-state index in [1.54, 1.807) is 6.26 Å². The molecular formula is C30H45N3O3. The number of anilines is 1. The first kappa shape index (κ1) is 26.9. The molecule has 0 aliphatic heterocycles. The van der Waals surface area contributed by atoms with Gasteiger partial charge in [-0.25, -0.2) is 0 Å². The fourth-order valence-electron chi connectivity index (χ4n) is 6.93. The third kappa shape index (κ3) is 4.53. The van der Waals surface area contributed by atoms with Crippen molar-refractivity contribution in [3.05, 3.63) is 52.5 Å². The number of hydrogen-bond acceptors (Lipinski definition) is 6. The zero-order valence-corrected chi connectivity index (χ0v) is 23.1. The van der Waals surface area contributed by atoms with E-state index in [2.05, 4.69) is 50.7 Å². The van der Waals surface area contributed by atoms with Crippen molar-refractivity contribution in [2.24, 2.45) is 23.5 Å². The largest absolute Gasteiger partial charge is 0.472 e. The van der Waals surface area contributed by atoms with Gasteiger partial charge in [-0.15, -0.1) is 0 Å². The number of benzene rings is 1. The summed E-state index contributed by atoms with van der Waals surface area (Å²) in [7, 11) is 8.24. The maximum atomic E-state index is 12.4. The summed E-state index contributed by atoms with van der Waals surface area (Å²) in [6, 6.07) is 4.21. The summed E-state index contributed by atoms with van der Waals surface area (Å²) in [6.07, 6.45) is 6.82. The Hall–Kier alpha value is -2.12. The van der Waals surface area contributed by atoms with E-state index < -0.39 is 5.60 Å². The number of aliphatic hydroxyl groups is 2.